The zero-order chi connectivity index (χ0) is 18.1. The van der Waals surface area contributed by atoms with E-state index in [2.05, 4.69) is 0 Å². The standard InChI is InChI=1S/C17H27N3O3S/c1-13-6-7-16(14(2)12-13)24(22,23)20-10-8-19(9-11-20)15(3)17(21)18(4)5/h6-7,12,15H,8-11H2,1-5H3/t15-/m0/s1. The Morgan fingerprint density at radius 3 is 2.21 bits per heavy atom. The Hall–Kier alpha value is -1.44. The maximum absolute atomic E-state index is 12.9. The molecule has 1 aliphatic heterocycles. The molecule has 0 unspecified atom stereocenters. The summed E-state index contributed by atoms with van der Waals surface area (Å²) in [7, 11) is -0.0122. The molecular weight excluding hydrogens is 326 g/mol. The van der Waals surface area contributed by atoms with Crippen molar-refractivity contribution in [3.63, 3.8) is 0 Å². The molecule has 134 valence electrons. The van der Waals surface area contributed by atoms with E-state index in [4.69, 9.17) is 0 Å². The summed E-state index contributed by atoms with van der Waals surface area (Å²) in [5.41, 5.74) is 1.82. The Balaban J connectivity index is 2.10. The SMILES string of the molecule is Cc1ccc(S(=O)(=O)N2CCN([C@@H](C)C(=O)N(C)C)CC2)c(C)c1. The molecule has 0 N–H and O–H groups in total. The summed E-state index contributed by atoms with van der Waals surface area (Å²) in [6.45, 7) is 7.58. The van der Waals surface area contributed by atoms with E-state index in [0.29, 0.717) is 31.1 Å². The first-order valence-corrected chi connectivity index (χ1v) is 9.61. The quantitative estimate of drug-likeness (QED) is 0.813. The number of piperazine rings is 1. The van der Waals surface area contributed by atoms with Crippen LogP contribution in [0.1, 0.15) is 18.1 Å². The smallest absolute Gasteiger partial charge is 0.243 e. The largest absolute Gasteiger partial charge is 0.347 e. The first kappa shape index (κ1) is 18.9. The highest BCUT2D eigenvalue weighted by molar-refractivity contribution is 7.89. The van der Waals surface area contributed by atoms with Crippen molar-refractivity contribution in [1.29, 1.82) is 0 Å². The third-order valence-electron chi connectivity index (χ3n) is 4.57. The molecule has 24 heavy (non-hydrogen) atoms. The Morgan fingerprint density at radius 1 is 1.12 bits per heavy atom. The van der Waals surface area contributed by atoms with Crippen LogP contribution < -0.4 is 0 Å². The van der Waals surface area contributed by atoms with E-state index < -0.39 is 10.0 Å². The average Bonchev–Trinajstić information content (AvgIpc) is 2.53. The first-order chi connectivity index (χ1) is 11.1. The van der Waals surface area contributed by atoms with Crippen LogP contribution in [-0.4, -0.2) is 74.7 Å². The molecule has 1 aliphatic rings. The Labute approximate surface area is 145 Å². The molecular formula is C17H27N3O3S. The second kappa shape index (κ2) is 7.21. The number of amides is 1. The lowest BCUT2D eigenvalue weighted by Crippen LogP contribution is -2.54. The van der Waals surface area contributed by atoms with Crippen molar-refractivity contribution in [2.45, 2.75) is 31.7 Å². The van der Waals surface area contributed by atoms with Crippen molar-refractivity contribution in [2.75, 3.05) is 40.3 Å². The average molecular weight is 353 g/mol. The lowest BCUT2D eigenvalue weighted by atomic mass is 10.2. The highest BCUT2D eigenvalue weighted by Crippen LogP contribution is 2.22. The number of carbonyl (C=O) groups is 1. The molecule has 1 aromatic rings. The third-order valence-corrected chi connectivity index (χ3v) is 6.63. The number of likely N-dealkylation sites (N-methyl/N-ethyl adjacent to an activating group) is 1. The molecule has 0 spiro atoms. The van der Waals surface area contributed by atoms with Crippen LogP contribution in [0.25, 0.3) is 0 Å². The predicted molar refractivity (Wildman–Crippen MR) is 94.4 cm³/mol. The van der Waals surface area contributed by atoms with Gasteiger partial charge < -0.3 is 4.90 Å². The minimum atomic E-state index is -3.48. The van der Waals surface area contributed by atoms with Gasteiger partial charge in [0.1, 0.15) is 0 Å². The van der Waals surface area contributed by atoms with Crippen molar-refractivity contribution in [3.8, 4) is 0 Å². The number of nitrogens with zero attached hydrogens (tertiary/aromatic N) is 3. The normalized spacial score (nSPS) is 18.4. The highest BCUT2D eigenvalue weighted by atomic mass is 32.2. The van der Waals surface area contributed by atoms with Gasteiger partial charge in [-0.1, -0.05) is 17.7 Å². The fourth-order valence-electron chi connectivity index (χ4n) is 3.09. The van der Waals surface area contributed by atoms with Crippen molar-refractivity contribution in [3.05, 3.63) is 29.3 Å². The molecule has 7 heteroatoms. The minimum absolute atomic E-state index is 0.0423. The molecule has 0 bridgehead atoms. The maximum Gasteiger partial charge on any atom is 0.243 e. The van der Waals surface area contributed by atoms with Crippen LogP contribution in [0.4, 0.5) is 0 Å². The summed E-state index contributed by atoms with van der Waals surface area (Å²) < 4.78 is 27.3. The summed E-state index contributed by atoms with van der Waals surface area (Å²) in [5, 5.41) is 0. The van der Waals surface area contributed by atoms with Crippen LogP contribution in [0.15, 0.2) is 23.1 Å². The van der Waals surface area contributed by atoms with Crippen LogP contribution in [0.3, 0.4) is 0 Å². The summed E-state index contributed by atoms with van der Waals surface area (Å²) in [4.78, 5) is 16.1. The number of benzene rings is 1. The van der Waals surface area contributed by atoms with E-state index in [-0.39, 0.29) is 11.9 Å². The molecule has 6 nitrogen and oxygen atoms in total. The molecule has 0 aromatic heterocycles. The van der Waals surface area contributed by atoms with Crippen molar-refractivity contribution < 1.29 is 13.2 Å². The third kappa shape index (κ3) is 3.79. The molecule has 0 saturated carbocycles. The zero-order valence-corrected chi connectivity index (χ0v) is 15.9. The van der Waals surface area contributed by atoms with Gasteiger partial charge in [0, 0.05) is 40.3 Å². The number of aryl methyl sites for hydroxylation is 2. The summed E-state index contributed by atoms with van der Waals surface area (Å²) >= 11 is 0. The molecule has 0 radical (unpaired) electrons. The van der Waals surface area contributed by atoms with E-state index in [1.165, 1.54) is 4.31 Å². The molecule has 0 aliphatic carbocycles. The number of sulfonamides is 1. The highest BCUT2D eigenvalue weighted by Gasteiger charge is 2.32. The van der Waals surface area contributed by atoms with Gasteiger partial charge in [0.05, 0.1) is 10.9 Å². The number of hydrogen-bond donors (Lipinski definition) is 0. The topological polar surface area (TPSA) is 60.9 Å². The molecule has 1 saturated heterocycles. The summed E-state index contributed by atoms with van der Waals surface area (Å²) in [6, 6.07) is 5.17. The second-order valence-electron chi connectivity index (χ2n) is 6.62. The molecule has 1 aromatic carbocycles. The van der Waals surface area contributed by atoms with Crippen molar-refractivity contribution in [2.24, 2.45) is 0 Å². The first-order valence-electron chi connectivity index (χ1n) is 8.17. The minimum Gasteiger partial charge on any atom is -0.347 e. The van der Waals surface area contributed by atoms with Gasteiger partial charge in [-0.15, -0.1) is 0 Å². The van der Waals surface area contributed by atoms with Gasteiger partial charge in [-0.3, -0.25) is 9.69 Å². The van der Waals surface area contributed by atoms with Crippen LogP contribution in [-0.2, 0) is 14.8 Å². The number of carbonyl (C=O) groups excluding carboxylic acids is 1. The molecule has 1 fully saturated rings. The van der Waals surface area contributed by atoms with Crippen molar-refractivity contribution in [1.82, 2.24) is 14.1 Å². The summed E-state index contributed by atoms with van der Waals surface area (Å²) in [5.74, 6) is 0.0423. The lowest BCUT2D eigenvalue weighted by Gasteiger charge is -2.37. The zero-order valence-electron chi connectivity index (χ0n) is 15.1. The summed E-state index contributed by atoms with van der Waals surface area (Å²) in [6.07, 6.45) is 0. The van der Waals surface area contributed by atoms with Gasteiger partial charge in [-0.2, -0.15) is 4.31 Å². The predicted octanol–water partition coefficient (Wildman–Crippen LogP) is 1.09. The van der Waals surface area contributed by atoms with Crippen LogP contribution in [0.5, 0.6) is 0 Å². The molecule has 1 heterocycles. The fraction of sp³-hybridized carbons (Fsp3) is 0.588. The molecule has 2 rings (SSSR count). The van der Waals surface area contributed by atoms with Gasteiger partial charge in [-0.25, -0.2) is 8.42 Å². The van der Waals surface area contributed by atoms with E-state index in [1.54, 1.807) is 25.1 Å². The molecule has 1 amide bonds. The monoisotopic (exact) mass is 353 g/mol. The van der Waals surface area contributed by atoms with E-state index in [0.717, 1.165) is 11.1 Å². The number of hydrogen-bond acceptors (Lipinski definition) is 4. The van der Waals surface area contributed by atoms with Crippen LogP contribution in [0.2, 0.25) is 0 Å². The van der Waals surface area contributed by atoms with Crippen molar-refractivity contribution >= 4 is 15.9 Å². The van der Waals surface area contributed by atoms with Crippen LogP contribution >= 0.6 is 0 Å². The van der Waals surface area contributed by atoms with Gasteiger partial charge >= 0.3 is 0 Å². The van der Waals surface area contributed by atoms with Crippen LogP contribution in [0, 0.1) is 13.8 Å². The van der Waals surface area contributed by atoms with E-state index >= 15 is 0 Å². The Kier molecular flexibility index (Phi) is 5.67. The Morgan fingerprint density at radius 2 is 1.71 bits per heavy atom. The van der Waals surface area contributed by atoms with E-state index in [1.807, 2.05) is 37.8 Å². The van der Waals surface area contributed by atoms with Gasteiger partial charge in [0.15, 0.2) is 0 Å². The second-order valence-corrected chi connectivity index (χ2v) is 8.52. The van der Waals surface area contributed by atoms with Gasteiger partial charge in [0.2, 0.25) is 15.9 Å². The fourth-order valence-corrected chi connectivity index (χ4v) is 4.72. The Bertz CT molecular complexity index is 708. The van der Waals surface area contributed by atoms with Gasteiger partial charge in [-0.05, 0) is 32.4 Å². The maximum atomic E-state index is 12.9. The van der Waals surface area contributed by atoms with Gasteiger partial charge in [0.25, 0.3) is 0 Å². The van der Waals surface area contributed by atoms with E-state index in [9.17, 15) is 13.2 Å². The lowest BCUT2D eigenvalue weighted by molar-refractivity contribution is -0.134. The number of rotatable bonds is 4. The molecule has 1 atom stereocenters.